The lowest BCUT2D eigenvalue weighted by atomic mass is 10.1. The number of ether oxygens (including phenoxy) is 2. The molecule has 0 bridgehead atoms. The van der Waals surface area contributed by atoms with Crippen molar-refractivity contribution in [2.24, 2.45) is 10.2 Å². The Bertz CT molecular complexity index is 955. The Morgan fingerprint density at radius 2 is 1.43 bits per heavy atom. The van der Waals surface area contributed by atoms with Gasteiger partial charge < -0.3 is 9.47 Å². The standard InChI is InChI=1S/C23H21N3O4/c1-2-22(27)29-13-3-4-14-30-23(28)21-11-9-20(10-12-21)17-26-25-16-19-7-5-18(15-24)6-8-19/h2,5-12,16-17H,1,3-4,13-14H2/b25-16+,26-17+. The van der Waals surface area contributed by atoms with Crippen LogP contribution in [0.25, 0.3) is 0 Å². The minimum atomic E-state index is -0.462. The molecule has 152 valence electrons. The molecule has 0 heterocycles. The lowest BCUT2D eigenvalue weighted by molar-refractivity contribution is -0.137. The molecule has 2 aromatic rings. The summed E-state index contributed by atoms with van der Waals surface area (Å²) in [6.07, 6.45) is 5.46. The molecule has 0 N–H and O–H groups in total. The van der Waals surface area contributed by atoms with Gasteiger partial charge in [-0.2, -0.15) is 15.5 Å². The summed E-state index contributed by atoms with van der Waals surface area (Å²) >= 11 is 0. The van der Waals surface area contributed by atoms with E-state index in [4.69, 9.17) is 14.7 Å². The fourth-order valence-corrected chi connectivity index (χ4v) is 2.23. The summed E-state index contributed by atoms with van der Waals surface area (Å²) in [5, 5.41) is 16.7. The molecule has 2 aromatic carbocycles. The predicted octanol–water partition coefficient (Wildman–Crippen LogP) is 3.68. The highest BCUT2D eigenvalue weighted by molar-refractivity contribution is 5.91. The third-order valence-electron chi connectivity index (χ3n) is 3.85. The van der Waals surface area contributed by atoms with Crippen molar-refractivity contribution in [2.75, 3.05) is 13.2 Å². The molecule has 0 amide bonds. The average molecular weight is 403 g/mol. The first-order valence-corrected chi connectivity index (χ1v) is 9.25. The van der Waals surface area contributed by atoms with E-state index in [9.17, 15) is 9.59 Å². The van der Waals surface area contributed by atoms with Gasteiger partial charge in [0.2, 0.25) is 0 Å². The largest absolute Gasteiger partial charge is 0.463 e. The van der Waals surface area contributed by atoms with Crippen LogP contribution in [0.15, 0.2) is 71.4 Å². The Morgan fingerprint density at radius 1 is 0.900 bits per heavy atom. The predicted molar refractivity (Wildman–Crippen MR) is 113 cm³/mol. The molecular formula is C23H21N3O4. The first kappa shape index (κ1) is 22.2. The Labute approximate surface area is 175 Å². The number of hydrogen-bond acceptors (Lipinski definition) is 7. The Morgan fingerprint density at radius 3 is 1.97 bits per heavy atom. The first-order valence-electron chi connectivity index (χ1n) is 9.25. The van der Waals surface area contributed by atoms with Crippen LogP contribution in [0.2, 0.25) is 0 Å². The van der Waals surface area contributed by atoms with Gasteiger partial charge in [0.25, 0.3) is 0 Å². The number of rotatable bonds is 10. The molecule has 7 nitrogen and oxygen atoms in total. The van der Waals surface area contributed by atoms with Gasteiger partial charge in [0.15, 0.2) is 0 Å². The molecule has 2 rings (SSSR count). The molecular weight excluding hydrogens is 382 g/mol. The van der Waals surface area contributed by atoms with E-state index < -0.39 is 11.9 Å². The van der Waals surface area contributed by atoms with Crippen molar-refractivity contribution in [1.29, 1.82) is 5.26 Å². The van der Waals surface area contributed by atoms with Crippen molar-refractivity contribution in [3.05, 3.63) is 83.4 Å². The monoisotopic (exact) mass is 403 g/mol. The third-order valence-corrected chi connectivity index (χ3v) is 3.85. The van der Waals surface area contributed by atoms with Crippen molar-refractivity contribution in [1.82, 2.24) is 0 Å². The van der Waals surface area contributed by atoms with Crippen LogP contribution in [0.5, 0.6) is 0 Å². The normalized spacial score (nSPS) is 10.6. The van der Waals surface area contributed by atoms with Crippen LogP contribution < -0.4 is 0 Å². The minimum absolute atomic E-state index is 0.248. The van der Waals surface area contributed by atoms with E-state index in [1.807, 2.05) is 0 Å². The van der Waals surface area contributed by atoms with E-state index in [0.29, 0.717) is 24.0 Å². The molecule has 7 heteroatoms. The van der Waals surface area contributed by atoms with Crippen molar-refractivity contribution in [2.45, 2.75) is 12.8 Å². The fourth-order valence-electron chi connectivity index (χ4n) is 2.23. The molecule has 0 saturated carbocycles. The van der Waals surface area contributed by atoms with Crippen molar-refractivity contribution in [3.63, 3.8) is 0 Å². The summed E-state index contributed by atoms with van der Waals surface area (Å²) in [5.41, 5.74) is 2.64. The minimum Gasteiger partial charge on any atom is -0.463 e. The van der Waals surface area contributed by atoms with Crippen molar-refractivity contribution in [3.8, 4) is 6.07 Å². The molecule has 0 aliphatic carbocycles. The second-order valence-electron chi connectivity index (χ2n) is 6.06. The molecule has 0 aliphatic heterocycles. The van der Waals surface area contributed by atoms with Crippen molar-refractivity contribution < 1.29 is 19.1 Å². The maximum Gasteiger partial charge on any atom is 0.338 e. The van der Waals surface area contributed by atoms with Gasteiger partial charge in [-0.05, 0) is 48.2 Å². The number of unbranched alkanes of at least 4 members (excludes halogenated alkanes) is 1. The molecule has 0 spiro atoms. The van der Waals surface area contributed by atoms with E-state index in [-0.39, 0.29) is 13.2 Å². The zero-order valence-corrected chi connectivity index (χ0v) is 16.4. The highest BCUT2D eigenvalue weighted by atomic mass is 16.5. The van der Waals surface area contributed by atoms with Crippen LogP contribution in [-0.4, -0.2) is 37.6 Å². The van der Waals surface area contributed by atoms with Gasteiger partial charge in [0.1, 0.15) is 0 Å². The van der Waals surface area contributed by atoms with Crippen LogP contribution >= 0.6 is 0 Å². The lowest BCUT2D eigenvalue weighted by Gasteiger charge is -2.05. The van der Waals surface area contributed by atoms with Gasteiger partial charge in [-0.1, -0.05) is 30.8 Å². The van der Waals surface area contributed by atoms with Crippen LogP contribution in [0.1, 0.15) is 39.9 Å². The van der Waals surface area contributed by atoms with Crippen LogP contribution in [0, 0.1) is 11.3 Å². The first-order chi connectivity index (χ1) is 14.6. The number of nitrogens with zero attached hydrogens (tertiary/aromatic N) is 3. The number of benzene rings is 2. The quantitative estimate of drug-likeness (QED) is 0.198. The molecule has 30 heavy (non-hydrogen) atoms. The number of carbonyl (C=O) groups is 2. The second kappa shape index (κ2) is 12.4. The molecule has 0 saturated heterocycles. The molecule has 0 aromatic heterocycles. The van der Waals surface area contributed by atoms with E-state index >= 15 is 0 Å². The van der Waals surface area contributed by atoms with Crippen molar-refractivity contribution >= 4 is 24.4 Å². The van der Waals surface area contributed by atoms with Crippen LogP contribution in [0.3, 0.4) is 0 Å². The SMILES string of the molecule is C=CC(=O)OCCCCOC(=O)c1ccc(/C=N/N=C/c2ccc(C#N)cc2)cc1. The molecule has 0 aliphatic rings. The Balaban J connectivity index is 1.74. The number of nitriles is 1. The van der Waals surface area contributed by atoms with Crippen LogP contribution in [0.4, 0.5) is 0 Å². The molecule has 0 fully saturated rings. The van der Waals surface area contributed by atoms with Crippen LogP contribution in [-0.2, 0) is 14.3 Å². The number of carbonyl (C=O) groups excluding carboxylic acids is 2. The van der Waals surface area contributed by atoms with E-state index in [2.05, 4.69) is 22.9 Å². The number of esters is 2. The second-order valence-corrected chi connectivity index (χ2v) is 6.06. The lowest BCUT2D eigenvalue weighted by Crippen LogP contribution is -2.08. The smallest absolute Gasteiger partial charge is 0.338 e. The van der Waals surface area contributed by atoms with E-state index in [1.165, 1.54) is 0 Å². The maximum atomic E-state index is 12.0. The summed E-state index contributed by atoms with van der Waals surface area (Å²) < 4.78 is 10.0. The van der Waals surface area contributed by atoms with Gasteiger partial charge in [-0.3, -0.25) is 0 Å². The topological polar surface area (TPSA) is 101 Å². The fraction of sp³-hybridized carbons (Fsp3) is 0.174. The zero-order chi connectivity index (χ0) is 21.6. The summed E-state index contributed by atoms with van der Waals surface area (Å²) in [6, 6.07) is 15.8. The summed E-state index contributed by atoms with van der Waals surface area (Å²) in [6.45, 7) is 3.83. The van der Waals surface area contributed by atoms with E-state index in [1.54, 1.807) is 61.0 Å². The van der Waals surface area contributed by atoms with Gasteiger partial charge >= 0.3 is 11.9 Å². The Kier molecular flexibility index (Phi) is 9.21. The number of hydrogen-bond donors (Lipinski definition) is 0. The van der Waals surface area contributed by atoms with Gasteiger partial charge in [-0.15, -0.1) is 0 Å². The highest BCUT2D eigenvalue weighted by Crippen LogP contribution is 2.06. The molecule has 0 atom stereocenters. The molecule has 0 radical (unpaired) electrons. The summed E-state index contributed by atoms with van der Waals surface area (Å²) in [7, 11) is 0. The summed E-state index contributed by atoms with van der Waals surface area (Å²) in [4.78, 5) is 22.9. The van der Waals surface area contributed by atoms with Gasteiger partial charge in [0, 0.05) is 6.08 Å². The maximum absolute atomic E-state index is 12.0. The molecule has 0 unspecified atom stereocenters. The van der Waals surface area contributed by atoms with E-state index in [0.717, 1.165) is 17.2 Å². The highest BCUT2D eigenvalue weighted by Gasteiger charge is 2.06. The Hall–Kier alpha value is -4.05. The third kappa shape index (κ3) is 7.90. The zero-order valence-electron chi connectivity index (χ0n) is 16.4. The van der Waals surface area contributed by atoms with Gasteiger partial charge in [0.05, 0.1) is 42.8 Å². The summed E-state index contributed by atoms with van der Waals surface area (Å²) in [5.74, 6) is -0.879. The van der Waals surface area contributed by atoms with Gasteiger partial charge in [-0.25, -0.2) is 9.59 Å². The average Bonchev–Trinajstić information content (AvgIpc) is 2.79.